The lowest BCUT2D eigenvalue weighted by atomic mass is 9.83. The highest BCUT2D eigenvalue weighted by atomic mass is 16.6. The number of fused-ring (bicyclic) bond motifs is 3. The minimum absolute atomic E-state index is 0.0213. The van der Waals surface area contributed by atoms with Crippen molar-refractivity contribution in [1.29, 1.82) is 0 Å². The fourth-order valence-electron chi connectivity index (χ4n) is 4.52. The quantitative estimate of drug-likeness (QED) is 0.629. The van der Waals surface area contributed by atoms with Crippen LogP contribution < -0.4 is 10.2 Å². The molecule has 1 aromatic carbocycles. The van der Waals surface area contributed by atoms with Crippen molar-refractivity contribution in [2.24, 2.45) is 5.92 Å². The fourth-order valence-corrected chi connectivity index (χ4v) is 4.52. The van der Waals surface area contributed by atoms with Gasteiger partial charge in [0.1, 0.15) is 0 Å². The normalized spacial score (nSPS) is 27.7. The molecule has 1 N–H and O–H groups in total. The lowest BCUT2D eigenvalue weighted by Gasteiger charge is -2.48. The number of anilines is 1. The third-order valence-corrected chi connectivity index (χ3v) is 5.97. The Balaban J connectivity index is 1.57. The molecular weight excluding hydrogens is 348 g/mol. The van der Waals surface area contributed by atoms with E-state index in [4.69, 9.17) is 4.74 Å². The summed E-state index contributed by atoms with van der Waals surface area (Å²) in [7, 11) is 2.07. The van der Waals surface area contributed by atoms with Crippen LogP contribution in [0.15, 0.2) is 18.2 Å². The first-order valence-corrected chi connectivity index (χ1v) is 9.65. The number of piperazine rings is 1. The van der Waals surface area contributed by atoms with Crippen molar-refractivity contribution >= 4 is 17.3 Å². The Morgan fingerprint density at radius 1 is 1.41 bits per heavy atom. The highest BCUT2D eigenvalue weighted by molar-refractivity contribution is 5.82. The van der Waals surface area contributed by atoms with Crippen LogP contribution in [0.4, 0.5) is 11.4 Å². The first-order valence-electron chi connectivity index (χ1n) is 9.65. The maximum atomic E-state index is 13.0. The van der Waals surface area contributed by atoms with Crippen LogP contribution in [0.3, 0.4) is 0 Å². The van der Waals surface area contributed by atoms with Crippen LogP contribution in [-0.4, -0.2) is 67.7 Å². The molecule has 146 valence electrons. The van der Waals surface area contributed by atoms with Crippen LogP contribution in [0.25, 0.3) is 0 Å². The number of non-ortho nitro benzene ring substituents is 1. The second kappa shape index (κ2) is 7.44. The van der Waals surface area contributed by atoms with Crippen LogP contribution in [0.5, 0.6) is 0 Å². The van der Waals surface area contributed by atoms with E-state index in [0.717, 1.165) is 50.3 Å². The number of nitro benzene ring substituents is 1. The zero-order valence-corrected chi connectivity index (χ0v) is 15.6. The maximum absolute atomic E-state index is 13.0. The lowest BCUT2D eigenvalue weighted by molar-refractivity contribution is -0.384. The van der Waals surface area contributed by atoms with Gasteiger partial charge in [0, 0.05) is 50.6 Å². The number of benzene rings is 1. The fraction of sp³-hybridized carbons (Fsp3) is 0.632. The third kappa shape index (κ3) is 3.64. The van der Waals surface area contributed by atoms with Crippen molar-refractivity contribution in [2.45, 2.75) is 31.4 Å². The number of nitrogens with zero attached hydrogens (tertiary/aromatic N) is 3. The van der Waals surface area contributed by atoms with Gasteiger partial charge in [-0.05, 0) is 37.9 Å². The van der Waals surface area contributed by atoms with Crippen LogP contribution in [0, 0.1) is 16.0 Å². The van der Waals surface area contributed by atoms with E-state index in [-0.39, 0.29) is 34.6 Å². The Morgan fingerprint density at radius 3 is 3.00 bits per heavy atom. The second-order valence-corrected chi connectivity index (χ2v) is 7.78. The first-order chi connectivity index (χ1) is 13.0. The molecule has 0 radical (unpaired) electrons. The molecule has 8 heteroatoms. The molecule has 1 aromatic rings. The number of hydrogen-bond donors (Lipinski definition) is 1. The Labute approximate surface area is 158 Å². The summed E-state index contributed by atoms with van der Waals surface area (Å²) >= 11 is 0. The van der Waals surface area contributed by atoms with E-state index in [1.54, 1.807) is 12.1 Å². The van der Waals surface area contributed by atoms with Crippen molar-refractivity contribution in [3.05, 3.63) is 33.9 Å². The molecule has 0 bridgehead atoms. The number of carbonyl (C=O) groups excluding carboxylic acids is 1. The molecule has 3 aliphatic heterocycles. The number of likely N-dealkylation sites (N-methyl/N-ethyl adjacent to an activating group) is 1. The molecule has 0 aliphatic carbocycles. The Kier molecular flexibility index (Phi) is 5.01. The summed E-state index contributed by atoms with van der Waals surface area (Å²) in [6.45, 7) is 3.86. The van der Waals surface area contributed by atoms with E-state index in [9.17, 15) is 14.9 Å². The van der Waals surface area contributed by atoms with Gasteiger partial charge in [0.25, 0.3) is 5.69 Å². The highest BCUT2D eigenvalue weighted by Gasteiger charge is 2.41. The highest BCUT2D eigenvalue weighted by Crippen LogP contribution is 2.37. The topological polar surface area (TPSA) is 88.0 Å². The van der Waals surface area contributed by atoms with E-state index in [0.29, 0.717) is 13.0 Å². The molecule has 0 saturated carbocycles. The molecule has 2 saturated heterocycles. The minimum Gasteiger partial charge on any atom is -0.376 e. The van der Waals surface area contributed by atoms with Crippen molar-refractivity contribution < 1.29 is 14.5 Å². The van der Waals surface area contributed by atoms with Crippen molar-refractivity contribution in [3.8, 4) is 0 Å². The standard InChI is InChI=1S/C19H26N4O4/c1-21-6-7-22-17-5-4-14(23(25)26)9-13(17)10-16(18(22)12-21)19(24)20-11-15-3-2-8-27-15/h4-5,9,15-16,18H,2-3,6-8,10-12H2,1H3,(H,20,24)/t15-,16-,18-/m0/s1. The van der Waals surface area contributed by atoms with Crippen LogP contribution in [0.2, 0.25) is 0 Å². The molecule has 1 amide bonds. The molecular formula is C19H26N4O4. The zero-order valence-electron chi connectivity index (χ0n) is 15.6. The lowest BCUT2D eigenvalue weighted by Crippen LogP contribution is -2.60. The average Bonchev–Trinajstić information content (AvgIpc) is 3.18. The van der Waals surface area contributed by atoms with Gasteiger partial charge >= 0.3 is 0 Å². The number of ether oxygens (including phenoxy) is 1. The van der Waals surface area contributed by atoms with E-state index in [2.05, 4.69) is 22.2 Å². The van der Waals surface area contributed by atoms with Gasteiger partial charge in [0.15, 0.2) is 0 Å². The van der Waals surface area contributed by atoms with Gasteiger partial charge in [-0.25, -0.2) is 0 Å². The molecule has 27 heavy (non-hydrogen) atoms. The van der Waals surface area contributed by atoms with Gasteiger partial charge in [-0.3, -0.25) is 14.9 Å². The van der Waals surface area contributed by atoms with E-state index < -0.39 is 0 Å². The summed E-state index contributed by atoms with van der Waals surface area (Å²) in [5.41, 5.74) is 2.00. The molecule has 8 nitrogen and oxygen atoms in total. The monoisotopic (exact) mass is 374 g/mol. The summed E-state index contributed by atoms with van der Waals surface area (Å²) in [4.78, 5) is 28.3. The zero-order chi connectivity index (χ0) is 19.0. The third-order valence-electron chi connectivity index (χ3n) is 5.97. The Morgan fingerprint density at radius 2 is 2.26 bits per heavy atom. The average molecular weight is 374 g/mol. The molecule has 3 atom stereocenters. The molecule has 3 heterocycles. The summed E-state index contributed by atoms with van der Waals surface area (Å²) in [6, 6.07) is 5.12. The van der Waals surface area contributed by atoms with E-state index in [1.165, 1.54) is 0 Å². The molecule has 4 rings (SSSR count). The van der Waals surface area contributed by atoms with Crippen molar-refractivity contribution in [2.75, 3.05) is 44.7 Å². The molecule has 0 unspecified atom stereocenters. The van der Waals surface area contributed by atoms with Gasteiger partial charge in [-0.2, -0.15) is 0 Å². The largest absolute Gasteiger partial charge is 0.376 e. The van der Waals surface area contributed by atoms with E-state index in [1.807, 2.05) is 6.07 Å². The predicted molar refractivity (Wildman–Crippen MR) is 101 cm³/mol. The molecule has 3 aliphatic rings. The SMILES string of the molecule is CN1CCN2c3ccc([N+](=O)[O-])cc3C[C@H](C(=O)NC[C@@H]3CCCO3)[C@@H]2C1. The second-order valence-electron chi connectivity index (χ2n) is 7.78. The van der Waals surface area contributed by atoms with Crippen LogP contribution >= 0.6 is 0 Å². The number of rotatable bonds is 4. The van der Waals surface area contributed by atoms with Crippen molar-refractivity contribution in [1.82, 2.24) is 10.2 Å². The summed E-state index contributed by atoms with van der Waals surface area (Å²) in [6.07, 6.45) is 2.67. The van der Waals surface area contributed by atoms with E-state index >= 15 is 0 Å². The number of carbonyl (C=O) groups is 1. The minimum atomic E-state index is -0.372. The summed E-state index contributed by atoms with van der Waals surface area (Å²) in [5.74, 6) is -0.198. The predicted octanol–water partition coefficient (Wildman–Crippen LogP) is 1.18. The first kappa shape index (κ1) is 18.2. The van der Waals surface area contributed by atoms with Gasteiger partial charge in [0.2, 0.25) is 5.91 Å². The van der Waals surface area contributed by atoms with Crippen molar-refractivity contribution in [3.63, 3.8) is 0 Å². The summed E-state index contributed by atoms with van der Waals surface area (Å²) in [5, 5.41) is 14.2. The number of amides is 1. The van der Waals surface area contributed by atoms with Crippen LogP contribution in [-0.2, 0) is 16.0 Å². The smallest absolute Gasteiger partial charge is 0.269 e. The number of hydrogen-bond acceptors (Lipinski definition) is 6. The number of nitrogens with one attached hydrogen (secondary N) is 1. The molecule has 0 aromatic heterocycles. The Bertz CT molecular complexity index is 734. The Hall–Kier alpha value is -2.19. The number of nitro groups is 1. The van der Waals surface area contributed by atoms with Crippen LogP contribution in [0.1, 0.15) is 18.4 Å². The summed E-state index contributed by atoms with van der Waals surface area (Å²) < 4.78 is 5.60. The van der Waals surface area contributed by atoms with Gasteiger partial charge in [-0.15, -0.1) is 0 Å². The molecule has 0 spiro atoms. The molecule has 2 fully saturated rings. The maximum Gasteiger partial charge on any atom is 0.269 e. The van der Waals surface area contributed by atoms with Gasteiger partial charge < -0.3 is 19.9 Å². The van der Waals surface area contributed by atoms with Gasteiger partial charge in [-0.1, -0.05) is 0 Å². The van der Waals surface area contributed by atoms with Gasteiger partial charge in [0.05, 0.1) is 23.0 Å².